The largest absolute Gasteiger partial charge is 0.295 e. The van der Waals surface area contributed by atoms with E-state index in [0.717, 1.165) is 19.6 Å². The quantitative estimate of drug-likeness (QED) is 0.474. The molecular weight excluding hydrogens is 263 g/mol. The minimum Gasteiger partial charge on any atom is -0.295 e. The Balaban J connectivity index is 2.50. The number of hydrogen-bond donors (Lipinski definition) is 0. The van der Waals surface area contributed by atoms with E-state index in [4.69, 9.17) is 28.0 Å². The lowest BCUT2D eigenvalue weighted by Gasteiger charge is -2.59. The smallest absolute Gasteiger partial charge is 0.219 e. The molecule has 0 radical (unpaired) electrons. The summed E-state index contributed by atoms with van der Waals surface area (Å²) in [6.07, 6.45) is 0. The summed E-state index contributed by atoms with van der Waals surface area (Å²) >= 11 is 13.7. The van der Waals surface area contributed by atoms with Gasteiger partial charge in [-0.1, -0.05) is 23.2 Å². The summed E-state index contributed by atoms with van der Waals surface area (Å²) in [5.74, 6) is 0. The number of nitrogens with zero attached hydrogens (tertiary/aromatic N) is 4. The van der Waals surface area contributed by atoms with Gasteiger partial charge in [0.2, 0.25) is 5.12 Å². The van der Waals surface area contributed by atoms with Crippen LogP contribution in [0.5, 0.6) is 0 Å². The van der Waals surface area contributed by atoms with Gasteiger partial charge in [0.1, 0.15) is 0 Å². The maximum atomic E-state index is 6.87. The summed E-state index contributed by atoms with van der Waals surface area (Å²) in [6, 6.07) is 0. The van der Waals surface area contributed by atoms with E-state index in [1.807, 2.05) is 38.0 Å². The predicted molar refractivity (Wildman–Crippen MR) is 68.8 cm³/mol. The van der Waals surface area contributed by atoms with Crippen LogP contribution < -0.4 is 0 Å². The van der Waals surface area contributed by atoms with Crippen LogP contribution in [-0.2, 0) is 4.84 Å². The van der Waals surface area contributed by atoms with E-state index in [2.05, 4.69) is 4.90 Å². The van der Waals surface area contributed by atoms with Crippen molar-refractivity contribution in [2.75, 3.05) is 54.4 Å². The van der Waals surface area contributed by atoms with Crippen LogP contribution in [0.4, 0.5) is 0 Å². The standard InChI is InChI=1S/C10H20Cl2N4O/c1-13-5-6-14(2)10(12)9(13,11)15(3)7-8-17-16(10)4/h5-8H2,1-4H3. The molecular formula is C10H20Cl2N4O. The second-order valence-corrected chi connectivity index (χ2v) is 5.82. The normalized spacial score (nSPS) is 43.4. The van der Waals surface area contributed by atoms with Crippen molar-refractivity contribution in [2.45, 2.75) is 10.2 Å². The Labute approximate surface area is 113 Å². The average molecular weight is 283 g/mol. The van der Waals surface area contributed by atoms with E-state index < -0.39 is 10.2 Å². The van der Waals surface area contributed by atoms with Gasteiger partial charge in [0.15, 0.2) is 5.12 Å². The van der Waals surface area contributed by atoms with Crippen molar-refractivity contribution >= 4 is 23.2 Å². The lowest BCUT2D eigenvalue weighted by atomic mass is 10.2. The molecule has 17 heavy (non-hydrogen) atoms. The minimum absolute atomic E-state index is 0.581. The molecule has 0 aliphatic carbocycles. The molecule has 0 saturated carbocycles. The van der Waals surface area contributed by atoms with E-state index in [9.17, 15) is 0 Å². The lowest BCUT2D eigenvalue weighted by molar-refractivity contribution is -0.246. The topological polar surface area (TPSA) is 22.2 Å². The molecule has 2 aliphatic rings. The highest BCUT2D eigenvalue weighted by Crippen LogP contribution is 2.47. The molecule has 0 amide bonds. The first kappa shape index (κ1) is 13.8. The zero-order valence-electron chi connectivity index (χ0n) is 10.8. The number of rotatable bonds is 0. The van der Waals surface area contributed by atoms with Crippen molar-refractivity contribution in [3.63, 3.8) is 0 Å². The summed E-state index contributed by atoms with van der Waals surface area (Å²) in [7, 11) is 7.77. The molecule has 0 aromatic rings. The number of likely N-dealkylation sites (N-methyl/N-ethyl adjacent to an activating group) is 4. The van der Waals surface area contributed by atoms with Gasteiger partial charge in [0, 0.05) is 26.7 Å². The maximum Gasteiger partial charge on any atom is 0.219 e. The van der Waals surface area contributed by atoms with Gasteiger partial charge in [0.25, 0.3) is 0 Å². The van der Waals surface area contributed by atoms with Gasteiger partial charge in [0.05, 0.1) is 6.61 Å². The third kappa shape index (κ3) is 1.72. The van der Waals surface area contributed by atoms with E-state index in [1.54, 1.807) is 5.06 Å². The van der Waals surface area contributed by atoms with Crippen LogP contribution in [0.1, 0.15) is 0 Å². The summed E-state index contributed by atoms with van der Waals surface area (Å²) in [5.41, 5.74) is 0. The predicted octanol–water partition coefficient (Wildman–Crippen LogP) is 0.458. The number of piperazine rings is 1. The highest BCUT2D eigenvalue weighted by molar-refractivity contribution is 6.34. The van der Waals surface area contributed by atoms with Crippen LogP contribution in [0, 0.1) is 0 Å². The second-order valence-electron chi connectivity index (χ2n) is 4.77. The monoisotopic (exact) mass is 282 g/mol. The Bertz CT molecular complexity index is 280. The molecule has 100 valence electrons. The molecule has 0 N–H and O–H groups in total. The molecule has 2 unspecified atom stereocenters. The van der Waals surface area contributed by atoms with Crippen LogP contribution in [0.2, 0.25) is 0 Å². The molecule has 0 bridgehead atoms. The van der Waals surface area contributed by atoms with E-state index in [-0.39, 0.29) is 0 Å². The van der Waals surface area contributed by atoms with Crippen LogP contribution >= 0.6 is 23.2 Å². The third-order valence-electron chi connectivity index (χ3n) is 3.82. The maximum absolute atomic E-state index is 6.87. The van der Waals surface area contributed by atoms with Crippen molar-refractivity contribution in [1.82, 2.24) is 19.8 Å². The van der Waals surface area contributed by atoms with Crippen molar-refractivity contribution in [3.8, 4) is 0 Å². The number of hydrogen-bond acceptors (Lipinski definition) is 5. The summed E-state index contributed by atoms with van der Waals surface area (Å²) in [4.78, 5) is 11.8. The number of halogens is 2. The molecule has 7 heteroatoms. The molecule has 5 nitrogen and oxygen atoms in total. The molecule has 2 fully saturated rings. The zero-order chi connectivity index (χ0) is 12.8. The fraction of sp³-hybridized carbons (Fsp3) is 1.00. The fourth-order valence-corrected chi connectivity index (χ4v) is 3.46. The van der Waals surface area contributed by atoms with Gasteiger partial charge in [-0.15, -0.1) is 0 Å². The Morgan fingerprint density at radius 1 is 0.824 bits per heavy atom. The number of alkyl halides is 2. The van der Waals surface area contributed by atoms with E-state index in [0.29, 0.717) is 6.61 Å². The van der Waals surface area contributed by atoms with E-state index in [1.165, 1.54) is 0 Å². The van der Waals surface area contributed by atoms with Gasteiger partial charge in [-0.2, -0.15) is 5.06 Å². The zero-order valence-corrected chi connectivity index (χ0v) is 12.3. The second kappa shape index (κ2) is 4.49. The molecule has 0 aromatic heterocycles. The van der Waals surface area contributed by atoms with Crippen molar-refractivity contribution in [1.29, 1.82) is 0 Å². The fourth-order valence-electron chi connectivity index (χ4n) is 2.61. The van der Waals surface area contributed by atoms with Crippen LogP contribution in [0.15, 0.2) is 0 Å². The Morgan fingerprint density at radius 3 is 1.88 bits per heavy atom. The van der Waals surface area contributed by atoms with Crippen molar-refractivity contribution < 1.29 is 4.84 Å². The molecule has 2 aliphatic heterocycles. The van der Waals surface area contributed by atoms with Gasteiger partial charge in [-0.05, 0) is 21.1 Å². The van der Waals surface area contributed by atoms with Crippen LogP contribution in [0.3, 0.4) is 0 Å². The molecule has 2 saturated heterocycles. The molecule has 2 rings (SSSR count). The molecule has 2 atom stereocenters. The first-order chi connectivity index (χ1) is 7.85. The number of hydroxylamine groups is 2. The first-order valence-electron chi connectivity index (χ1n) is 5.73. The average Bonchev–Trinajstić information content (AvgIpc) is 2.38. The van der Waals surface area contributed by atoms with Crippen LogP contribution in [-0.4, -0.2) is 84.4 Å². The highest BCUT2D eigenvalue weighted by atomic mass is 35.5. The SMILES string of the molecule is CN1CCON(C)C2(Cl)N(C)CCN(C)C12Cl. The Kier molecular flexibility index (Phi) is 3.64. The van der Waals surface area contributed by atoms with Gasteiger partial charge in [-0.25, -0.2) is 0 Å². The Morgan fingerprint density at radius 2 is 1.29 bits per heavy atom. The third-order valence-corrected chi connectivity index (χ3v) is 5.55. The van der Waals surface area contributed by atoms with Gasteiger partial charge in [-0.3, -0.25) is 19.5 Å². The number of fused-ring (bicyclic) bond motifs is 1. The van der Waals surface area contributed by atoms with Crippen molar-refractivity contribution in [3.05, 3.63) is 0 Å². The van der Waals surface area contributed by atoms with Gasteiger partial charge >= 0.3 is 0 Å². The van der Waals surface area contributed by atoms with Gasteiger partial charge < -0.3 is 0 Å². The summed E-state index contributed by atoms with van der Waals surface area (Å²) in [5, 5.41) is -0.0552. The van der Waals surface area contributed by atoms with Crippen molar-refractivity contribution in [2.24, 2.45) is 0 Å². The summed E-state index contributed by atoms with van der Waals surface area (Å²) < 4.78 is 0. The Hall–Kier alpha value is 0.380. The highest BCUT2D eigenvalue weighted by Gasteiger charge is 2.63. The first-order valence-corrected chi connectivity index (χ1v) is 6.49. The van der Waals surface area contributed by atoms with Crippen LogP contribution in [0.25, 0.3) is 0 Å². The molecule has 2 heterocycles. The summed E-state index contributed by atoms with van der Waals surface area (Å²) in [6.45, 7) is 3.03. The minimum atomic E-state index is -0.910. The molecule has 0 spiro atoms. The van der Waals surface area contributed by atoms with E-state index >= 15 is 0 Å². The lowest BCUT2D eigenvalue weighted by Crippen LogP contribution is -2.78. The molecule has 0 aromatic carbocycles.